The minimum Gasteiger partial charge on any atom is -0.480 e. The number of amides is 1. The molecule has 0 heterocycles. The maximum Gasteiger partial charge on any atom is 0.328 e. The number of carboxylic acid groups (broad SMARTS) is 1. The van der Waals surface area contributed by atoms with Crippen LogP contribution in [0.15, 0.2) is 4.99 Å². The van der Waals surface area contributed by atoms with Crippen LogP contribution in [0.3, 0.4) is 0 Å². The second-order valence-electron chi connectivity index (χ2n) is 3.14. The molecule has 0 aliphatic rings. The molecule has 0 saturated heterocycles. The molecule has 3 N–H and O–H groups in total. The molecule has 0 radical (unpaired) electrons. The van der Waals surface area contributed by atoms with Crippen molar-refractivity contribution >= 4 is 23.6 Å². The summed E-state index contributed by atoms with van der Waals surface area (Å²) in [5.41, 5.74) is 5.15. The van der Waals surface area contributed by atoms with Crippen LogP contribution < -0.4 is 5.73 Å². The molecule has 0 fully saturated rings. The fourth-order valence-electron chi connectivity index (χ4n) is 0.971. The van der Waals surface area contributed by atoms with Gasteiger partial charge in [-0.1, -0.05) is 0 Å². The first-order valence-corrected chi connectivity index (χ1v) is 4.48. The highest BCUT2D eigenvalue weighted by Crippen LogP contribution is 2.01. The Kier molecular flexibility index (Phi) is 5.76. The molecule has 0 aromatic carbocycles. The van der Waals surface area contributed by atoms with Gasteiger partial charge in [0.25, 0.3) is 0 Å². The Morgan fingerprint density at radius 3 is 2.38 bits per heavy atom. The molecule has 0 aliphatic heterocycles. The Hall–Kier alpha value is -1.92. The first-order chi connectivity index (χ1) is 7.36. The highest BCUT2D eigenvalue weighted by Gasteiger charge is 2.19. The van der Waals surface area contributed by atoms with Crippen LogP contribution in [-0.2, 0) is 19.1 Å². The molecule has 0 spiro atoms. The van der Waals surface area contributed by atoms with Crippen molar-refractivity contribution in [3.8, 4) is 0 Å². The van der Waals surface area contributed by atoms with Gasteiger partial charge in [0.15, 0.2) is 6.04 Å². The Morgan fingerprint density at radius 2 is 2.00 bits per heavy atom. The lowest BCUT2D eigenvalue weighted by Crippen LogP contribution is -2.27. The second kappa shape index (κ2) is 6.54. The predicted molar refractivity (Wildman–Crippen MR) is 55.0 cm³/mol. The SMILES string of the molecule is COC(=O)CC(C)=N[C@H](CC(N)=O)C(=O)O. The van der Waals surface area contributed by atoms with E-state index >= 15 is 0 Å². The summed E-state index contributed by atoms with van der Waals surface area (Å²) in [6, 6.07) is -1.25. The van der Waals surface area contributed by atoms with Crippen LogP contribution in [0.2, 0.25) is 0 Å². The molecule has 0 rings (SSSR count). The van der Waals surface area contributed by atoms with Crippen molar-refractivity contribution in [3.63, 3.8) is 0 Å². The average molecular weight is 230 g/mol. The fraction of sp³-hybridized carbons (Fsp3) is 0.556. The zero-order valence-corrected chi connectivity index (χ0v) is 9.10. The number of primary amides is 1. The third-order valence-corrected chi connectivity index (χ3v) is 1.68. The average Bonchev–Trinajstić information content (AvgIpc) is 2.15. The summed E-state index contributed by atoms with van der Waals surface area (Å²) in [7, 11) is 1.22. The largest absolute Gasteiger partial charge is 0.480 e. The number of hydrogen-bond donors (Lipinski definition) is 2. The van der Waals surface area contributed by atoms with E-state index in [9.17, 15) is 14.4 Å². The van der Waals surface area contributed by atoms with E-state index in [0.717, 1.165) is 0 Å². The van der Waals surface area contributed by atoms with Crippen LogP contribution in [-0.4, -0.2) is 41.8 Å². The highest BCUT2D eigenvalue weighted by atomic mass is 16.5. The van der Waals surface area contributed by atoms with E-state index in [1.54, 1.807) is 0 Å². The standard InChI is InChI=1S/C9H14N2O5/c1-5(3-8(13)16-2)11-6(9(14)15)4-7(10)12/h6H,3-4H2,1-2H3,(H2,10,12)(H,14,15)/t6-/m1/s1. The zero-order chi connectivity index (χ0) is 12.7. The van der Waals surface area contributed by atoms with E-state index in [0.29, 0.717) is 0 Å². The van der Waals surface area contributed by atoms with Gasteiger partial charge >= 0.3 is 11.9 Å². The molecular weight excluding hydrogens is 216 g/mol. The monoisotopic (exact) mass is 230 g/mol. The van der Waals surface area contributed by atoms with Crippen molar-refractivity contribution in [1.82, 2.24) is 0 Å². The third kappa shape index (κ3) is 5.74. The van der Waals surface area contributed by atoms with Gasteiger partial charge < -0.3 is 15.6 Å². The number of aliphatic carboxylic acids is 1. The molecule has 1 amide bonds. The molecule has 0 bridgehead atoms. The summed E-state index contributed by atoms with van der Waals surface area (Å²) in [6.45, 7) is 1.48. The highest BCUT2D eigenvalue weighted by molar-refractivity contribution is 5.98. The Balaban J connectivity index is 4.57. The summed E-state index contributed by atoms with van der Waals surface area (Å²) in [4.78, 5) is 35.8. The zero-order valence-electron chi connectivity index (χ0n) is 9.10. The van der Waals surface area contributed by atoms with E-state index in [1.165, 1.54) is 14.0 Å². The van der Waals surface area contributed by atoms with E-state index in [1.807, 2.05) is 0 Å². The number of aliphatic imine (C=N–C) groups is 1. The number of nitrogens with two attached hydrogens (primary N) is 1. The molecule has 0 saturated carbocycles. The van der Waals surface area contributed by atoms with Gasteiger partial charge in [0.1, 0.15) is 0 Å². The predicted octanol–water partition coefficient (Wildman–Crippen LogP) is -0.661. The van der Waals surface area contributed by atoms with Crippen molar-refractivity contribution in [2.45, 2.75) is 25.8 Å². The van der Waals surface area contributed by atoms with Gasteiger partial charge in [0, 0.05) is 5.71 Å². The third-order valence-electron chi connectivity index (χ3n) is 1.68. The van der Waals surface area contributed by atoms with Gasteiger partial charge in [-0.05, 0) is 6.92 Å². The second-order valence-corrected chi connectivity index (χ2v) is 3.14. The van der Waals surface area contributed by atoms with Gasteiger partial charge in [0.2, 0.25) is 5.91 Å². The van der Waals surface area contributed by atoms with Gasteiger partial charge in [-0.15, -0.1) is 0 Å². The Bertz CT molecular complexity index is 324. The van der Waals surface area contributed by atoms with E-state index in [4.69, 9.17) is 10.8 Å². The van der Waals surface area contributed by atoms with E-state index in [-0.39, 0.29) is 12.1 Å². The first-order valence-electron chi connectivity index (χ1n) is 4.48. The first kappa shape index (κ1) is 14.1. The summed E-state index contributed by atoms with van der Waals surface area (Å²) in [5.74, 6) is -2.55. The molecule has 0 aliphatic carbocycles. The van der Waals surface area contributed by atoms with Crippen LogP contribution in [0.5, 0.6) is 0 Å². The maximum atomic E-state index is 10.9. The maximum absolute atomic E-state index is 10.9. The number of carbonyl (C=O) groups is 3. The Morgan fingerprint density at radius 1 is 1.44 bits per heavy atom. The lowest BCUT2D eigenvalue weighted by atomic mass is 10.2. The molecule has 1 atom stereocenters. The molecular formula is C9H14N2O5. The van der Waals surface area contributed by atoms with Crippen LogP contribution in [0.1, 0.15) is 19.8 Å². The molecule has 0 aromatic heterocycles. The van der Waals surface area contributed by atoms with Gasteiger partial charge in [-0.2, -0.15) is 0 Å². The molecule has 90 valence electrons. The van der Waals surface area contributed by atoms with Gasteiger partial charge in [0.05, 0.1) is 20.0 Å². The van der Waals surface area contributed by atoms with Crippen LogP contribution in [0.4, 0.5) is 0 Å². The fourth-order valence-corrected chi connectivity index (χ4v) is 0.971. The smallest absolute Gasteiger partial charge is 0.328 e. The van der Waals surface area contributed by atoms with Gasteiger partial charge in [-0.25, -0.2) is 4.79 Å². The lowest BCUT2D eigenvalue weighted by molar-refractivity contribution is -0.140. The van der Waals surface area contributed by atoms with Crippen molar-refractivity contribution in [3.05, 3.63) is 0 Å². The lowest BCUT2D eigenvalue weighted by Gasteiger charge is -2.06. The number of nitrogens with zero attached hydrogens (tertiary/aromatic N) is 1. The molecule has 0 aromatic rings. The van der Waals surface area contributed by atoms with Crippen LogP contribution in [0, 0.1) is 0 Å². The summed E-state index contributed by atoms with van der Waals surface area (Å²) >= 11 is 0. The molecule has 7 nitrogen and oxygen atoms in total. The molecule has 16 heavy (non-hydrogen) atoms. The van der Waals surface area contributed by atoms with Crippen molar-refractivity contribution in [2.24, 2.45) is 10.7 Å². The number of methoxy groups -OCH3 is 1. The van der Waals surface area contributed by atoms with E-state index in [2.05, 4.69) is 9.73 Å². The summed E-state index contributed by atoms with van der Waals surface area (Å²) in [6.07, 6.45) is -0.507. The summed E-state index contributed by atoms with van der Waals surface area (Å²) in [5, 5.41) is 8.73. The molecule has 7 heteroatoms. The van der Waals surface area contributed by atoms with Crippen molar-refractivity contribution in [1.29, 1.82) is 0 Å². The van der Waals surface area contributed by atoms with E-state index < -0.39 is 30.3 Å². The van der Waals surface area contributed by atoms with Crippen LogP contribution in [0.25, 0.3) is 0 Å². The Labute approximate surface area is 92.3 Å². The number of ether oxygens (including phenoxy) is 1. The number of rotatable bonds is 6. The number of carbonyl (C=O) groups excluding carboxylic acids is 2. The number of hydrogen-bond acceptors (Lipinski definition) is 5. The van der Waals surface area contributed by atoms with Crippen molar-refractivity contribution < 1.29 is 24.2 Å². The number of carboxylic acids is 1. The number of esters is 1. The molecule has 0 unspecified atom stereocenters. The summed E-state index contributed by atoms with van der Waals surface area (Å²) < 4.78 is 4.39. The van der Waals surface area contributed by atoms with Crippen molar-refractivity contribution in [2.75, 3.05) is 7.11 Å². The normalized spacial score (nSPS) is 13.0. The minimum atomic E-state index is -1.26. The minimum absolute atomic E-state index is 0.112. The quantitative estimate of drug-likeness (QED) is 0.463. The van der Waals surface area contributed by atoms with Gasteiger partial charge in [-0.3, -0.25) is 14.6 Å². The van der Waals surface area contributed by atoms with Crippen LogP contribution >= 0.6 is 0 Å². The topological polar surface area (TPSA) is 119 Å².